The first kappa shape index (κ1) is 8.87. The van der Waals surface area contributed by atoms with Crippen molar-refractivity contribution in [2.45, 2.75) is 19.4 Å². The maximum atomic E-state index is 9.75. The first-order chi connectivity index (χ1) is 4.13. The van der Waals surface area contributed by atoms with E-state index in [9.17, 15) is 8.42 Å². The fraction of sp³-hybridized carbons (Fsp3) is 1.00. The normalized spacial score (nSPS) is 14.1. The molecular formula is C4H11NO3S. The van der Waals surface area contributed by atoms with E-state index in [-0.39, 0.29) is 12.6 Å². The Balaban J connectivity index is 3.10. The molecule has 0 bridgehead atoms. The molecule has 2 N–H and O–H groups in total. The molecule has 0 saturated heterocycles. The van der Waals surface area contributed by atoms with Crippen LogP contribution in [-0.4, -0.2) is 21.1 Å². The molecule has 0 fully saturated rings. The lowest BCUT2D eigenvalue weighted by atomic mass is 10.3. The van der Waals surface area contributed by atoms with Gasteiger partial charge in [-0.25, -0.2) is 8.42 Å². The second-order valence-corrected chi connectivity index (χ2v) is 2.53. The fourth-order valence-electron chi connectivity index (χ4n) is 0.313. The second-order valence-electron chi connectivity index (χ2n) is 1.82. The maximum Gasteiger partial charge on any atom is 0.257 e. The van der Waals surface area contributed by atoms with Crippen molar-refractivity contribution in [3.63, 3.8) is 0 Å². The van der Waals surface area contributed by atoms with Crippen molar-refractivity contribution in [3.05, 3.63) is 0 Å². The van der Waals surface area contributed by atoms with Crippen LogP contribution in [0.1, 0.15) is 13.3 Å². The summed E-state index contributed by atoms with van der Waals surface area (Å²) in [5, 5.41) is 0. The molecule has 4 nitrogen and oxygen atoms in total. The Bertz CT molecular complexity index is 124. The van der Waals surface area contributed by atoms with Crippen LogP contribution in [0.15, 0.2) is 0 Å². The van der Waals surface area contributed by atoms with Gasteiger partial charge in [0.2, 0.25) is 0 Å². The zero-order valence-corrected chi connectivity index (χ0v) is 6.14. The Kier molecular flexibility index (Phi) is 4.65. The van der Waals surface area contributed by atoms with Gasteiger partial charge < -0.3 is 5.73 Å². The minimum absolute atomic E-state index is 0.0000463. The summed E-state index contributed by atoms with van der Waals surface area (Å²) in [6.07, 6.45) is 0.573. The van der Waals surface area contributed by atoms with E-state index in [1.54, 1.807) is 6.92 Å². The molecule has 0 aromatic heterocycles. The molecule has 0 spiro atoms. The summed E-state index contributed by atoms with van der Waals surface area (Å²) in [6, 6.07) is -0.0000463. The van der Waals surface area contributed by atoms with E-state index in [1.165, 1.54) is 0 Å². The molecule has 0 aliphatic heterocycles. The summed E-state index contributed by atoms with van der Waals surface area (Å²) in [6.45, 7) is 1.98. The third-order valence-corrected chi connectivity index (χ3v) is 1.16. The van der Waals surface area contributed by atoms with Gasteiger partial charge in [0.25, 0.3) is 11.0 Å². The van der Waals surface area contributed by atoms with Crippen LogP contribution in [0.3, 0.4) is 0 Å². The van der Waals surface area contributed by atoms with Crippen molar-refractivity contribution >= 4 is 11.0 Å². The van der Waals surface area contributed by atoms with Crippen LogP contribution in [0.25, 0.3) is 0 Å². The predicted octanol–water partition coefficient (Wildman–Crippen LogP) is -0.733. The highest BCUT2D eigenvalue weighted by atomic mass is 32.2. The maximum absolute atomic E-state index is 9.75. The van der Waals surface area contributed by atoms with E-state index in [0.29, 0.717) is 6.42 Å². The SMILES string of the molecule is CC(N)CCO[SH](=O)=O. The average Bonchev–Trinajstić information content (AvgIpc) is 1.63. The minimum Gasteiger partial charge on any atom is -0.328 e. The summed E-state index contributed by atoms with van der Waals surface area (Å²) < 4.78 is 23.7. The average molecular weight is 153 g/mol. The molecule has 0 rings (SSSR count). The van der Waals surface area contributed by atoms with Crippen LogP contribution in [0.5, 0.6) is 0 Å². The summed E-state index contributed by atoms with van der Waals surface area (Å²) >= 11 is 0. The van der Waals surface area contributed by atoms with Crippen molar-refractivity contribution in [2.75, 3.05) is 6.61 Å². The van der Waals surface area contributed by atoms with E-state index in [4.69, 9.17) is 5.73 Å². The largest absolute Gasteiger partial charge is 0.328 e. The van der Waals surface area contributed by atoms with E-state index in [2.05, 4.69) is 4.18 Å². The van der Waals surface area contributed by atoms with E-state index >= 15 is 0 Å². The number of hydrogen-bond donors (Lipinski definition) is 2. The van der Waals surface area contributed by atoms with E-state index in [0.717, 1.165) is 0 Å². The molecule has 0 aromatic carbocycles. The zero-order chi connectivity index (χ0) is 7.28. The highest BCUT2D eigenvalue weighted by Gasteiger charge is 1.92. The highest BCUT2D eigenvalue weighted by molar-refractivity contribution is 7.67. The van der Waals surface area contributed by atoms with Gasteiger partial charge in [-0.3, -0.25) is 4.18 Å². The third-order valence-electron chi connectivity index (χ3n) is 0.770. The van der Waals surface area contributed by atoms with Crippen LogP contribution in [0, 0.1) is 0 Å². The van der Waals surface area contributed by atoms with Crippen LogP contribution < -0.4 is 5.73 Å². The van der Waals surface area contributed by atoms with Crippen LogP contribution in [-0.2, 0) is 15.2 Å². The Morgan fingerprint density at radius 2 is 2.22 bits per heavy atom. The van der Waals surface area contributed by atoms with Gasteiger partial charge in [0.15, 0.2) is 0 Å². The molecule has 56 valence electrons. The summed E-state index contributed by atoms with van der Waals surface area (Å²) in [7, 11) is -2.69. The first-order valence-electron chi connectivity index (χ1n) is 2.66. The molecule has 0 saturated carbocycles. The van der Waals surface area contributed by atoms with Crippen molar-refractivity contribution in [1.29, 1.82) is 0 Å². The van der Waals surface area contributed by atoms with Crippen molar-refractivity contribution in [2.24, 2.45) is 5.73 Å². The molecule has 0 aliphatic rings. The number of hydrogen-bond acceptors (Lipinski definition) is 4. The van der Waals surface area contributed by atoms with Crippen molar-refractivity contribution in [3.8, 4) is 0 Å². The molecule has 9 heavy (non-hydrogen) atoms. The molecule has 1 atom stereocenters. The zero-order valence-electron chi connectivity index (χ0n) is 5.24. The lowest BCUT2D eigenvalue weighted by Crippen LogP contribution is -2.16. The molecule has 0 aromatic rings. The summed E-state index contributed by atoms with van der Waals surface area (Å²) in [5.41, 5.74) is 5.30. The topological polar surface area (TPSA) is 69.4 Å². The van der Waals surface area contributed by atoms with Gasteiger partial charge in [-0.1, -0.05) is 0 Å². The van der Waals surface area contributed by atoms with Gasteiger partial charge >= 0.3 is 0 Å². The van der Waals surface area contributed by atoms with Crippen molar-refractivity contribution in [1.82, 2.24) is 0 Å². The van der Waals surface area contributed by atoms with Gasteiger partial charge in [0.1, 0.15) is 0 Å². The first-order valence-corrected chi connectivity index (χ1v) is 3.75. The van der Waals surface area contributed by atoms with Gasteiger partial charge in [0, 0.05) is 6.04 Å². The van der Waals surface area contributed by atoms with Gasteiger partial charge in [-0.2, -0.15) is 0 Å². The van der Waals surface area contributed by atoms with Gasteiger partial charge in [-0.15, -0.1) is 0 Å². The Labute approximate surface area is 56.2 Å². The lowest BCUT2D eigenvalue weighted by molar-refractivity contribution is 0.316. The lowest BCUT2D eigenvalue weighted by Gasteiger charge is -1.99. The standard InChI is InChI=1S/C4H11NO3S/c1-4(5)2-3-8-9(6)7/h4,9H,2-3,5H2,1H3. The molecule has 5 heteroatoms. The van der Waals surface area contributed by atoms with Crippen molar-refractivity contribution < 1.29 is 12.6 Å². The van der Waals surface area contributed by atoms with E-state index < -0.39 is 11.0 Å². The fourth-order valence-corrected chi connectivity index (χ4v) is 0.568. The molecular weight excluding hydrogens is 142 g/mol. The Morgan fingerprint density at radius 3 is 2.56 bits per heavy atom. The number of nitrogens with two attached hydrogens (primary N) is 1. The smallest absolute Gasteiger partial charge is 0.257 e. The van der Waals surface area contributed by atoms with Gasteiger partial charge in [-0.05, 0) is 13.3 Å². The van der Waals surface area contributed by atoms with Crippen LogP contribution >= 0.6 is 0 Å². The highest BCUT2D eigenvalue weighted by Crippen LogP contribution is 1.86. The molecule has 0 aliphatic carbocycles. The minimum atomic E-state index is -2.69. The molecule has 0 heterocycles. The van der Waals surface area contributed by atoms with Gasteiger partial charge in [0.05, 0.1) is 6.61 Å². The summed E-state index contributed by atoms with van der Waals surface area (Å²) in [4.78, 5) is 0. The monoisotopic (exact) mass is 153 g/mol. The summed E-state index contributed by atoms with van der Waals surface area (Å²) in [5.74, 6) is 0. The van der Waals surface area contributed by atoms with Crippen LogP contribution in [0.2, 0.25) is 0 Å². The Hall–Kier alpha value is -0.130. The Morgan fingerprint density at radius 1 is 1.67 bits per heavy atom. The molecule has 0 radical (unpaired) electrons. The molecule has 0 amide bonds. The number of thiol groups is 1. The second kappa shape index (κ2) is 4.72. The van der Waals surface area contributed by atoms with E-state index in [1.807, 2.05) is 0 Å². The predicted molar refractivity (Wildman–Crippen MR) is 34.5 cm³/mol. The third kappa shape index (κ3) is 7.87. The number of rotatable bonds is 4. The molecule has 1 unspecified atom stereocenters. The quantitative estimate of drug-likeness (QED) is 0.522. The van der Waals surface area contributed by atoms with Crippen LogP contribution in [0.4, 0.5) is 0 Å².